The Morgan fingerprint density at radius 2 is 1.44 bits per heavy atom. The average Bonchev–Trinajstić information content (AvgIpc) is 3.13. The first kappa shape index (κ1) is 25.3. The maximum Gasteiger partial charge on any atom is 0.315 e. The molecule has 2 aromatic carbocycles. The lowest BCUT2D eigenvalue weighted by molar-refractivity contribution is 0.0470. The summed E-state index contributed by atoms with van der Waals surface area (Å²) in [5.74, 6) is 0.785. The fourth-order valence-corrected chi connectivity index (χ4v) is 7.10. The van der Waals surface area contributed by atoms with Gasteiger partial charge in [-0.3, -0.25) is 4.90 Å². The van der Waals surface area contributed by atoms with E-state index in [1.807, 2.05) is 67.6 Å². The van der Waals surface area contributed by atoms with Crippen LogP contribution in [0.2, 0.25) is 0 Å². The van der Waals surface area contributed by atoms with Gasteiger partial charge in [0.25, 0.3) is 0 Å². The summed E-state index contributed by atoms with van der Waals surface area (Å²) in [4.78, 5) is 15.8. The zero-order chi connectivity index (χ0) is 25.0. The molecule has 3 atom stereocenters. The van der Waals surface area contributed by atoms with E-state index in [1.54, 1.807) is 0 Å². The van der Waals surface area contributed by atoms with E-state index in [4.69, 9.17) is 0 Å². The van der Waals surface area contributed by atoms with Gasteiger partial charge in [-0.25, -0.2) is 4.79 Å². The number of hydrogen-bond acceptors (Lipinski definition) is 3. The second-order valence-electron chi connectivity index (χ2n) is 11.4. The number of nitrogens with one attached hydrogen (secondary N) is 2. The number of fused-ring (bicyclic) bond motifs is 2. The highest BCUT2D eigenvalue weighted by molar-refractivity contribution is 5.75. The average molecular weight is 490 g/mol. The molecule has 0 unspecified atom stereocenters. The molecule has 36 heavy (non-hydrogen) atoms. The van der Waals surface area contributed by atoms with Crippen LogP contribution in [0, 0.1) is 5.92 Å². The van der Waals surface area contributed by atoms with Gasteiger partial charge in [-0.1, -0.05) is 67.1 Å². The molecule has 2 aliphatic heterocycles. The molecule has 0 radical (unpaired) electrons. The van der Waals surface area contributed by atoms with Crippen LogP contribution in [0.5, 0.6) is 0 Å². The maximum absolute atomic E-state index is 13.0. The first-order valence-corrected chi connectivity index (χ1v) is 14.2. The summed E-state index contributed by atoms with van der Waals surface area (Å²) >= 11 is 0. The van der Waals surface area contributed by atoms with Gasteiger partial charge in [0.15, 0.2) is 0 Å². The molecule has 5 rings (SSSR count). The molecule has 0 aromatic heterocycles. The molecule has 3 N–H and O–H groups in total. The number of piperidine rings is 1. The summed E-state index contributed by atoms with van der Waals surface area (Å²) in [5, 5.41) is 18.1. The van der Waals surface area contributed by atoms with Crippen LogP contribution < -0.4 is 10.6 Å². The van der Waals surface area contributed by atoms with Gasteiger partial charge in [-0.2, -0.15) is 0 Å². The van der Waals surface area contributed by atoms with E-state index in [-0.39, 0.29) is 12.1 Å². The molecule has 1 saturated carbocycles. The second-order valence-corrected chi connectivity index (χ2v) is 11.4. The van der Waals surface area contributed by atoms with Crippen LogP contribution in [0.1, 0.15) is 82.3 Å². The van der Waals surface area contributed by atoms with E-state index in [0.29, 0.717) is 0 Å². The van der Waals surface area contributed by atoms with Crippen molar-refractivity contribution in [1.29, 1.82) is 0 Å². The lowest BCUT2D eigenvalue weighted by atomic mass is 9.81. The van der Waals surface area contributed by atoms with Gasteiger partial charge >= 0.3 is 6.03 Å². The zero-order valence-corrected chi connectivity index (χ0v) is 21.7. The van der Waals surface area contributed by atoms with E-state index >= 15 is 0 Å². The molecule has 2 bridgehead atoms. The minimum absolute atomic E-state index is 0.193. The van der Waals surface area contributed by atoms with Crippen LogP contribution >= 0.6 is 0 Å². The minimum Gasteiger partial charge on any atom is -0.378 e. The third kappa shape index (κ3) is 5.47. The highest BCUT2D eigenvalue weighted by atomic mass is 16.3. The predicted molar refractivity (Wildman–Crippen MR) is 145 cm³/mol. The molecular formula is C31H43N3O2. The molecule has 3 fully saturated rings. The molecule has 5 nitrogen and oxygen atoms in total. The fraction of sp³-hybridized carbons (Fsp3) is 0.581. The quantitative estimate of drug-likeness (QED) is 0.454. The van der Waals surface area contributed by atoms with Crippen LogP contribution in [0.25, 0.3) is 0 Å². The normalized spacial score (nSPS) is 27.4. The third-order valence-electron chi connectivity index (χ3n) is 9.23. The first-order valence-electron chi connectivity index (χ1n) is 14.2. The first-order chi connectivity index (χ1) is 17.5. The smallest absolute Gasteiger partial charge is 0.315 e. The Balaban J connectivity index is 1.12. The third-order valence-corrected chi connectivity index (χ3v) is 9.23. The van der Waals surface area contributed by atoms with Crippen molar-refractivity contribution in [3.05, 3.63) is 71.8 Å². The summed E-state index contributed by atoms with van der Waals surface area (Å²) in [5.41, 5.74) is 0.226. The Labute approximate surface area is 216 Å². The van der Waals surface area contributed by atoms with Gasteiger partial charge in [-0.05, 0) is 88.3 Å². The standard InChI is InChI=1S/C31H43N3O2/c1-23(31(36,25-9-4-2-5-10-25)26-11-6-3-7-12-26)32-30(35)33-27-17-15-24(16-18-27)21-22-34-28-13-8-14-29(34)20-19-28/h2-7,9-12,23-24,27-29,36H,8,13-22H2,1H3,(H2,32,33,35)/t23-,24-,27-,28-,29+/m0/s1. The van der Waals surface area contributed by atoms with Gasteiger partial charge in [0.2, 0.25) is 0 Å². The zero-order valence-electron chi connectivity index (χ0n) is 21.7. The Morgan fingerprint density at radius 1 is 0.889 bits per heavy atom. The Bertz CT molecular complexity index is 918. The predicted octanol–water partition coefficient (Wildman–Crippen LogP) is 5.58. The van der Waals surface area contributed by atoms with Gasteiger partial charge in [-0.15, -0.1) is 0 Å². The van der Waals surface area contributed by atoms with Crippen molar-refractivity contribution in [2.45, 2.75) is 101 Å². The van der Waals surface area contributed by atoms with Crippen molar-refractivity contribution in [2.24, 2.45) is 5.92 Å². The van der Waals surface area contributed by atoms with Gasteiger partial charge in [0, 0.05) is 18.1 Å². The number of nitrogens with zero attached hydrogens (tertiary/aromatic N) is 1. The van der Waals surface area contributed by atoms with E-state index in [2.05, 4.69) is 15.5 Å². The van der Waals surface area contributed by atoms with Crippen LogP contribution in [-0.4, -0.2) is 46.7 Å². The largest absolute Gasteiger partial charge is 0.378 e. The van der Waals surface area contributed by atoms with Crippen molar-refractivity contribution in [3.8, 4) is 0 Å². The Morgan fingerprint density at radius 3 is 2.00 bits per heavy atom. The highest BCUT2D eigenvalue weighted by Gasteiger charge is 2.39. The maximum atomic E-state index is 13.0. The molecular weight excluding hydrogens is 446 g/mol. The summed E-state index contributed by atoms with van der Waals surface area (Å²) < 4.78 is 0. The van der Waals surface area contributed by atoms with Gasteiger partial charge in [0.05, 0.1) is 6.04 Å². The number of aliphatic hydroxyl groups is 1. The number of urea groups is 1. The lowest BCUT2D eigenvalue weighted by Crippen LogP contribution is -2.54. The van der Waals surface area contributed by atoms with Crippen molar-refractivity contribution in [2.75, 3.05) is 6.54 Å². The summed E-state index contributed by atoms with van der Waals surface area (Å²) in [7, 11) is 0. The highest BCUT2D eigenvalue weighted by Crippen LogP contribution is 2.37. The van der Waals surface area contributed by atoms with E-state index in [1.165, 1.54) is 57.9 Å². The van der Waals surface area contributed by atoms with Gasteiger partial charge in [0.1, 0.15) is 5.60 Å². The summed E-state index contributed by atoms with van der Waals surface area (Å²) in [6, 6.07) is 20.5. The van der Waals surface area contributed by atoms with E-state index in [0.717, 1.165) is 42.0 Å². The summed E-state index contributed by atoms with van der Waals surface area (Å²) in [6.07, 6.45) is 12.9. The SMILES string of the molecule is C[C@H](NC(=O)N[C@H]1CC[C@H](CCN2[C@@H]3CCC[C@H]2CC3)CC1)C(O)(c1ccccc1)c1ccccc1. The van der Waals surface area contributed by atoms with Gasteiger partial charge < -0.3 is 15.7 Å². The molecule has 1 aliphatic carbocycles. The number of rotatable bonds is 8. The summed E-state index contributed by atoms with van der Waals surface area (Å²) in [6.45, 7) is 3.15. The van der Waals surface area contributed by atoms with Crippen LogP contribution in [0.3, 0.4) is 0 Å². The van der Waals surface area contributed by atoms with E-state index in [9.17, 15) is 9.90 Å². The van der Waals surface area contributed by atoms with Crippen molar-refractivity contribution < 1.29 is 9.90 Å². The van der Waals surface area contributed by atoms with Crippen molar-refractivity contribution in [3.63, 3.8) is 0 Å². The number of benzene rings is 2. The van der Waals surface area contributed by atoms with E-state index < -0.39 is 11.6 Å². The molecule has 2 amide bonds. The van der Waals surface area contributed by atoms with Crippen molar-refractivity contribution in [1.82, 2.24) is 15.5 Å². The molecule has 3 aliphatic rings. The number of carbonyl (C=O) groups excluding carboxylic acids is 1. The molecule has 194 valence electrons. The Kier molecular flexibility index (Phi) is 7.97. The molecule has 5 heteroatoms. The second kappa shape index (κ2) is 11.4. The molecule has 2 saturated heterocycles. The Hall–Kier alpha value is -2.37. The van der Waals surface area contributed by atoms with Crippen LogP contribution in [0.4, 0.5) is 4.79 Å². The van der Waals surface area contributed by atoms with Crippen LogP contribution in [-0.2, 0) is 5.60 Å². The number of hydrogen-bond donors (Lipinski definition) is 3. The van der Waals surface area contributed by atoms with Crippen molar-refractivity contribution >= 4 is 6.03 Å². The number of carbonyl (C=O) groups is 1. The topological polar surface area (TPSA) is 64.6 Å². The minimum atomic E-state index is -1.31. The lowest BCUT2D eigenvalue weighted by Gasteiger charge is -2.37. The monoisotopic (exact) mass is 489 g/mol. The number of amides is 2. The van der Waals surface area contributed by atoms with Crippen LogP contribution in [0.15, 0.2) is 60.7 Å². The molecule has 0 spiro atoms. The fourth-order valence-electron chi connectivity index (χ4n) is 7.10. The molecule has 2 heterocycles. The molecule has 2 aromatic rings.